The molecule has 1 aliphatic rings. The Morgan fingerprint density at radius 1 is 1.15 bits per heavy atom. The number of amides is 1. The van der Waals surface area contributed by atoms with Crippen LogP contribution in [0.15, 0.2) is 65.9 Å². The van der Waals surface area contributed by atoms with Crippen LogP contribution >= 0.6 is 11.3 Å². The molecule has 0 saturated heterocycles. The molecule has 0 aliphatic carbocycles. The van der Waals surface area contributed by atoms with Crippen molar-refractivity contribution in [2.45, 2.75) is 19.4 Å². The topological polar surface area (TPSA) is 73.7 Å². The van der Waals surface area contributed by atoms with Crippen molar-refractivity contribution in [3.63, 3.8) is 0 Å². The van der Waals surface area contributed by atoms with Crippen LogP contribution in [-0.4, -0.2) is 58.8 Å². The highest BCUT2D eigenvalue weighted by Crippen LogP contribution is 2.41. The molecule has 1 unspecified atom stereocenters. The quantitative estimate of drug-likeness (QED) is 0.471. The third-order valence-electron chi connectivity index (χ3n) is 5.76. The molecule has 3 aromatic rings. The lowest BCUT2D eigenvalue weighted by molar-refractivity contribution is -0.129. The molecule has 0 bridgehead atoms. The van der Waals surface area contributed by atoms with Crippen LogP contribution in [0.2, 0.25) is 0 Å². The van der Waals surface area contributed by atoms with E-state index < -0.39 is 29.3 Å². The van der Waals surface area contributed by atoms with Crippen LogP contribution < -0.4 is 0 Å². The first kappa shape index (κ1) is 23.8. The summed E-state index contributed by atoms with van der Waals surface area (Å²) in [7, 11) is 3.87. The van der Waals surface area contributed by atoms with E-state index in [1.165, 1.54) is 28.4 Å². The lowest BCUT2D eigenvalue weighted by Gasteiger charge is -2.27. The predicted octanol–water partition coefficient (Wildman–Crippen LogP) is 4.79. The summed E-state index contributed by atoms with van der Waals surface area (Å²) in [6.07, 6.45) is 0.656. The maximum absolute atomic E-state index is 13.7. The lowest BCUT2D eigenvalue weighted by Crippen LogP contribution is -2.33. The van der Waals surface area contributed by atoms with Gasteiger partial charge in [-0.15, -0.1) is 11.3 Å². The number of carbonyl (C=O) groups is 2. The van der Waals surface area contributed by atoms with E-state index in [1.807, 2.05) is 49.3 Å². The number of carbonyl (C=O) groups excluding carboxylic acids is 2. The number of Topliss-reactive ketones (excluding diaryl/α,β-unsaturated/α-hetero) is 1. The molecule has 1 aromatic heterocycles. The number of aliphatic hydroxyl groups excluding tert-OH is 1. The summed E-state index contributed by atoms with van der Waals surface area (Å²) >= 11 is 1.23. The van der Waals surface area contributed by atoms with Crippen molar-refractivity contribution < 1.29 is 19.1 Å². The van der Waals surface area contributed by atoms with Crippen molar-refractivity contribution in [2.24, 2.45) is 0 Å². The third-order valence-corrected chi connectivity index (χ3v) is 6.97. The van der Waals surface area contributed by atoms with Gasteiger partial charge in [-0.05, 0) is 51.7 Å². The van der Waals surface area contributed by atoms with Crippen LogP contribution in [0.25, 0.3) is 10.6 Å². The number of halogens is 1. The fourth-order valence-electron chi connectivity index (χ4n) is 4.10. The summed E-state index contributed by atoms with van der Waals surface area (Å²) in [5.74, 6) is -2.01. The second-order valence-corrected chi connectivity index (χ2v) is 9.50. The van der Waals surface area contributed by atoms with Gasteiger partial charge in [-0.25, -0.2) is 9.37 Å². The summed E-state index contributed by atoms with van der Waals surface area (Å²) in [4.78, 5) is 35.2. The zero-order valence-electron chi connectivity index (χ0n) is 19.3. The number of nitrogens with zero attached hydrogens (tertiary/aromatic N) is 3. The van der Waals surface area contributed by atoms with Gasteiger partial charge in [0.1, 0.15) is 10.8 Å². The van der Waals surface area contributed by atoms with E-state index in [2.05, 4.69) is 4.98 Å². The van der Waals surface area contributed by atoms with Gasteiger partial charge in [0.15, 0.2) is 5.76 Å². The first-order valence-corrected chi connectivity index (χ1v) is 11.8. The highest BCUT2D eigenvalue weighted by atomic mass is 32.1. The van der Waals surface area contributed by atoms with Crippen molar-refractivity contribution in [3.8, 4) is 10.6 Å². The lowest BCUT2D eigenvalue weighted by atomic mass is 9.95. The van der Waals surface area contributed by atoms with Gasteiger partial charge >= 0.3 is 0 Å². The molecule has 0 saturated carbocycles. The van der Waals surface area contributed by atoms with Crippen molar-refractivity contribution in [3.05, 3.63) is 87.9 Å². The first-order valence-electron chi connectivity index (χ1n) is 11.0. The summed E-state index contributed by atoms with van der Waals surface area (Å²) in [5, 5.41) is 11.5. The fourth-order valence-corrected chi connectivity index (χ4v) is 5.12. The molecule has 6 nitrogen and oxygen atoms in total. The number of aryl methyl sites for hydroxylation is 1. The Labute approximate surface area is 202 Å². The van der Waals surface area contributed by atoms with Crippen LogP contribution in [0, 0.1) is 12.7 Å². The van der Waals surface area contributed by atoms with Gasteiger partial charge in [-0.1, -0.05) is 42.5 Å². The summed E-state index contributed by atoms with van der Waals surface area (Å²) in [6, 6.07) is 14.4. The molecule has 8 heteroatoms. The van der Waals surface area contributed by atoms with Gasteiger partial charge in [-0.2, -0.15) is 0 Å². The second-order valence-electron chi connectivity index (χ2n) is 8.50. The van der Waals surface area contributed by atoms with Crippen LogP contribution in [0.1, 0.15) is 33.4 Å². The molecular formula is C26H26FN3O3S. The molecule has 34 heavy (non-hydrogen) atoms. The number of hydrogen-bond donors (Lipinski definition) is 1. The van der Waals surface area contributed by atoms with E-state index in [0.717, 1.165) is 12.1 Å². The molecular weight excluding hydrogens is 453 g/mol. The number of aliphatic hydroxyl groups is 1. The van der Waals surface area contributed by atoms with E-state index in [0.29, 0.717) is 34.1 Å². The number of ketones is 1. The van der Waals surface area contributed by atoms with Gasteiger partial charge in [0, 0.05) is 12.1 Å². The Balaban J connectivity index is 1.73. The normalized spacial score (nSPS) is 16.1. The average Bonchev–Trinajstić information content (AvgIpc) is 3.32. The molecule has 1 atom stereocenters. The van der Waals surface area contributed by atoms with Crippen molar-refractivity contribution in [2.75, 3.05) is 27.2 Å². The zero-order chi connectivity index (χ0) is 24.4. The number of hydrogen-bond acceptors (Lipinski definition) is 6. The van der Waals surface area contributed by atoms with Gasteiger partial charge in [0.2, 0.25) is 5.78 Å². The maximum atomic E-state index is 13.7. The Morgan fingerprint density at radius 3 is 2.47 bits per heavy atom. The standard InChI is InChI=1S/C26H26FN3O3S/c1-16-24(34-25(28-16)18-8-5-4-6-9-18)22(31)20-21(17-10-12-19(27)13-11-17)30(26(33)23(20)32)15-7-14-29(2)3/h4-6,8-13,21,32H,7,14-15H2,1-3H3. The first-order chi connectivity index (χ1) is 16.3. The summed E-state index contributed by atoms with van der Waals surface area (Å²) in [5.41, 5.74) is 1.99. The van der Waals surface area contributed by atoms with E-state index in [9.17, 15) is 19.1 Å². The zero-order valence-corrected chi connectivity index (χ0v) is 20.1. The number of aromatic nitrogens is 1. The summed E-state index contributed by atoms with van der Waals surface area (Å²) < 4.78 is 13.6. The van der Waals surface area contributed by atoms with Gasteiger partial charge < -0.3 is 14.9 Å². The van der Waals surface area contributed by atoms with Crippen LogP contribution in [-0.2, 0) is 4.79 Å². The van der Waals surface area contributed by atoms with Crippen molar-refractivity contribution in [1.82, 2.24) is 14.8 Å². The molecule has 176 valence electrons. The molecule has 0 fully saturated rings. The van der Waals surface area contributed by atoms with Crippen LogP contribution in [0.4, 0.5) is 4.39 Å². The minimum absolute atomic E-state index is 0.00724. The maximum Gasteiger partial charge on any atom is 0.290 e. The minimum atomic E-state index is -0.801. The Hall–Kier alpha value is -3.36. The largest absolute Gasteiger partial charge is 0.503 e. The number of thiazole rings is 1. The SMILES string of the molecule is Cc1nc(-c2ccccc2)sc1C(=O)C1=C(O)C(=O)N(CCCN(C)C)C1c1ccc(F)cc1. The monoisotopic (exact) mass is 479 g/mol. The number of benzene rings is 2. The molecule has 1 aliphatic heterocycles. The fraction of sp³-hybridized carbons (Fsp3) is 0.269. The van der Waals surface area contributed by atoms with E-state index in [1.54, 1.807) is 19.1 Å². The van der Waals surface area contributed by atoms with E-state index >= 15 is 0 Å². The highest BCUT2D eigenvalue weighted by molar-refractivity contribution is 7.17. The molecule has 1 N–H and O–H groups in total. The predicted molar refractivity (Wildman–Crippen MR) is 130 cm³/mol. The smallest absolute Gasteiger partial charge is 0.290 e. The average molecular weight is 480 g/mol. The minimum Gasteiger partial charge on any atom is -0.503 e. The molecule has 2 heterocycles. The molecule has 0 spiro atoms. The second kappa shape index (κ2) is 9.87. The Morgan fingerprint density at radius 2 is 1.82 bits per heavy atom. The Kier molecular flexibility index (Phi) is 6.90. The summed E-state index contributed by atoms with van der Waals surface area (Å²) in [6.45, 7) is 2.82. The Bertz CT molecular complexity index is 1240. The highest BCUT2D eigenvalue weighted by Gasteiger charge is 2.44. The molecule has 2 aromatic carbocycles. The van der Waals surface area contributed by atoms with Crippen LogP contribution in [0.3, 0.4) is 0 Å². The molecule has 0 radical (unpaired) electrons. The van der Waals surface area contributed by atoms with E-state index in [-0.39, 0.29) is 5.57 Å². The van der Waals surface area contributed by atoms with Gasteiger partial charge in [-0.3, -0.25) is 9.59 Å². The molecule has 1 amide bonds. The molecule has 4 rings (SSSR count). The van der Waals surface area contributed by atoms with Crippen LogP contribution in [0.5, 0.6) is 0 Å². The van der Waals surface area contributed by atoms with E-state index in [4.69, 9.17) is 0 Å². The van der Waals surface area contributed by atoms with Crippen molar-refractivity contribution in [1.29, 1.82) is 0 Å². The third kappa shape index (κ3) is 4.64. The van der Waals surface area contributed by atoms with Gasteiger partial charge in [0.25, 0.3) is 5.91 Å². The van der Waals surface area contributed by atoms with Crippen molar-refractivity contribution >= 4 is 23.0 Å². The number of rotatable bonds is 8. The van der Waals surface area contributed by atoms with Gasteiger partial charge in [0.05, 0.1) is 22.2 Å².